The van der Waals surface area contributed by atoms with Crippen LogP contribution in [0.2, 0.25) is 0 Å². The minimum Gasteiger partial charge on any atom is -0.459 e. The Morgan fingerprint density at radius 1 is 1.38 bits per heavy atom. The molecule has 2 unspecified atom stereocenters. The fourth-order valence-corrected chi connectivity index (χ4v) is 3.30. The zero-order valence-electron chi connectivity index (χ0n) is 14.2. The summed E-state index contributed by atoms with van der Waals surface area (Å²) in [4.78, 5) is 3.67. The molecular weight excluding hydrogens is 476 g/mol. The number of aromatic nitrogens is 4. The summed E-state index contributed by atoms with van der Waals surface area (Å²) in [5.41, 5.74) is 5.51. The fraction of sp³-hybridized carbons (Fsp3) is 0.500. The molecule has 0 aliphatic carbocycles. The van der Waals surface area contributed by atoms with Gasteiger partial charge in [0.25, 0.3) is 0 Å². The van der Waals surface area contributed by atoms with E-state index in [0.717, 1.165) is 25.3 Å². The maximum atomic E-state index is 7.35. The third kappa shape index (κ3) is 4.28. The molecule has 0 spiro atoms. The first-order valence-electron chi connectivity index (χ1n) is 7.71. The van der Waals surface area contributed by atoms with Gasteiger partial charge in [0.15, 0.2) is 5.82 Å². The van der Waals surface area contributed by atoms with Crippen LogP contribution in [-0.2, 0) is 33.5 Å². The number of hydrogen-bond acceptors (Lipinski definition) is 6. The average molecular weight is 501 g/mol. The largest absolute Gasteiger partial charge is 0.459 e. The van der Waals surface area contributed by atoms with Gasteiger partial charge in [-0.3, -0.25) is 7.05 Å². The summed E-state index contributed by atoms with van der Waals surface area (Å²) in [5, 5.41) is 20.2. The smallest absolute Gasteiger partial charge is 0.185 e. The van der Waals surface area contributed by atoms with E-state index >= 15 is 0 Å². The second-order valence-corrected chi connectivity index (χ2v) is 5.85. The first-order valence-corrected chi connectivity index (χ1v) is 7.71. The summed E-state index contributed by atoms with van der Waals surface area (Å²) in [6, 6.07) is 10.5. The molecule has 1 aliphatic rings. The number of aryl methyl sites for hydroxylation is 1. The van der Waals surface area contributed by atoms with Crippen molar-refractivity contribution in [2.45, 2.75) is 18.8 Å². The van der Waals surface area contributed by atoms with Gasteiger partial charge < -0.3 is 15.7 Å². The van der Waals surface area contributed by atoms with Gasteiger partial charge in [-0.1, -0.05) is 37.3 Å². The summed E-state index contributed by atoms with van der Waals surface area (Å²) in [5.74, 6) is 1.21. The molecule has 0 amide bonds. The van der Waals surface area contributed by atoms with Crippen molar-refractivity contribution in [3.05, 3.63) is 48.8 Å². The van der Waals surface area contributed by atoms with E-state index in [0.29, 0.717) is 5.92 Å². The van der Waals surface area contributed by atoms with E-state index in [2.05, 4.69) is 64.3 Å². The Balaban J connectivity index is 0.000000671. The topological polar surface area (TPSA) is 93.1 Å². The van der Waals surface area contributed by atoms with E-state index in [1.165, 1.54) is 5.56 Å². The van der Waals surface area contributed by atoms with Crippen LogP contribution in [0.15, 0.2) is 30.3 Å². The van der Waals surface area contributed by atoms with Crippen molar-refractivity contribution in [2.24, 2.45) is 18.7 Å². The van der Waals surface area contributed by atoms with Gasteiger partial charge in [-0.15, -0.1) is 10.2 Å². The normalized spacial score (nSPS) is 23.8. The SMILES string of the molecule is NCO.[CH2-]N1CCC(c2ccccc2)(c2nnn(C)n2)C(C)C1.[W]. The summed E-state index contributed by atoms with van der Waals surface area (Å²) in [6.07, 6.45) is 0.966. The summed E-state index contributed by atoms with van der Waals surface area (Å²) in [6.45, 7) is 3.88. The number of piperidine rings is 1. The molecule has 0 saturated carbocycles. The number of aliphatic hydroxyl groups is 1. The third-order valence-electron chi connectivity index (χ3n) is 4.39. The molecule has 1 aromatic carbocycles. The predicted octanol–water partition coefficient (Wildman–Crippen LogP) is 0.522. The van der Waals surface area contributed by atoms with Crippen LogP contribution in [0.3, 0.4) is 0 Å². The fourth-order valence-electron chi connectivity index (χ4n) is 3.30. The molecule has 0 radical (unpaired) electrons. The van der Waals surface area contributed by atoms with Gasteiger partial charge in [0, 0.05) is 21.1 Å². The van der Waals surface area contributed by atoms with Crippen molar-refractivity contribution < 1.29 is 26.2 Å². The number of aliphatic hydroxyl groups excluding tert-OH is 1. The van der Waals surface area contributed by atoms with Crippen molar-refractivity contribution >= 4 is 0 Å². The molecule has 8 heteroatoms. The van der Waals surface area contributed by atoms with Crippen molar-refractivity contribution in [2.75, 3.05) is 19.8 Å². The minimum absolute atomic E-state index is 0. The summed E-state index contributed by atoms with van der Waals surface area (Å²) in [7, 11) is 5.89. The van der Waals surface area contributed by atoms with Crippen LogP contribution in [0.4, 0.5) is 0 Å². The molecule has 2 atom stereocenters. The molecule has 1 aliphatic heterocycles. The van der Waals surface area contributed by atoms with Gasteiger partial charge in [0.2, 0.25) is 0 Å². The average Bonchev–Trinajstić information content (AvgIpc) is 2.96. The Morgan fingerprint density at radius 3 is 2.50 bits per heavy atom. The van der Waals surface area contributed by atoms with E-state index < -0.39 is 0 Å². The molecule has 2 aromatic rings. The van der Waals surface area contributed by atoms with Gasteiger partial charge in [0.1, 0.15) is 0 Å². The Hall–Kier alpha value is -1.14. The Kier molecular flexibility index (Phi) is 8.16. The number of likely N-dealkylation sites (tertiary alicyclic amines) is 1. The van der Waals surface area contributed by atoms with Crippen molar-refractivity contribution in [1.82, 2.24) is 25.1 Å². The number of hydrogen-bond donors (Lipinski definition) is 2. The molecular formula is C16H25N6OW-. The van der Waals surface area contributed by atoms with Crippen LogP contribution >= 0.6 is 0 Å². The second kappa shape index (κ2) is 9.37. The van der Waals surface area contributed by atoms with Crippen molar-refractivity contribution in [1.29, 1.82) is 0 Å². The molecule has 3 rings (SSSR count). The Labute approximate surface area is 157 Å². The predicted molar refractivity (Wildman–Crippen MR) is 88.0 cm³/mol. The maximum Gasteiger partial charge on any atom is 0.185 e. The van der Waals surface area contributed by atoms with E-state index in [-0.39, 0.29) is 33.2 Å². The third-order valence-corrected chi connectivity index (χ3v) is 4.39. The standard InChI is InChI=1S/C15H20N5.CH5NO.W/c1-12-11-19(2)10-9-15(12,13-7-5-4-6-8-13)14-16-18-20(3)17-14;2-1-3;/h4-8,12H,2,9-11H2,1,3H3;3H,1-2H2;/q-1;;. The molecule has 0 bridgehead atoms. The number of tetrazole rings is 1. The molecule has 1 saturated heterocycles. The van der Waals surface area contributed by atoms with Crippen molar-refractivity contribution in [3.8, 4) is 0 Å². The van der Waals surface area contributed by atoms with Crippen LogP contribution < -0.4 is 5.73 Å². The molecule has 1 fully saturated rings. The van der Waals surface area contributed by atoms with Gasteiger partial charge >= 0.3 is 0 Å². The van der Waals surface area contributed by atoms with E-state index in [4.69, 9.17) is 5.11 Å². The Morgan fingerprint density at radius 2 is 2.00 bits per heavy atom. The van der Waals surface area contributed by atoms with Crippen molar-refractivity contribution in [3.63, 3.8) is 0 Å². The van der Waals surface area contributed by atoms with Gasteiger partial charge in [0.05, 0.1) is 19.2 Å². The van der Waals surface area contributed by atoms with E-state index in [1.807, 2.05) is 13.1 Å². The van der Waals surface area contributed by atoms with Crippen LogP contribution in [-0.4, -0.2) is 50.0 Å². The second-order valence-electron chi connectivity index (χ2n) is 5.85. The Bertz CT molecular complexity index is 608. The summed E-state index contributed by atoms with van der Waals surface area (Å²) < 4.78 is 0. The number of rotatable bonds is 2. The minimum atomic E-state index is -0.250. The number of benzene rings is 1. The van der Waals surface area contributed by atoms with E-state index in [1.54, 1.807) is 4.80 Å². The zero-order chi connectivity index (χ0) is 16.9. The molecule has 1 aromatic heterocycles. The van der Waals surface area contributed by atoms with Crippen LogP contribution in [0.1, 0.15) is 24.7 Å². The van der Waals surface area contributed by atoms with Crippen LogP contribution in [0, 0.1) is 13.0 Å². The van der Waals surface area contributed by atoms with Gasteiger partial charge in [-0.05, 0) is 36.2 Å². The first kappa shape index (κ1) is 20.9. The summed E-state index contributed by atoms with van der Waals surface area (Å²) >= 11 is 0. The van der Waals surface area contributed by atoms with E-state index in [9.17, 15) is 0 Å². The van der Waals surface area contributed by atoms with Gasteiger partial charge in [-0.25, -0.2) is 0 Å². The maximum absolute atomic E-state index is 7.35. The van der Waals surface area contributed by atoms with Crippen LogP contribution in [0.25, 0.3) is 0 Å². The number of nitrogens with two attached hydrogens (primary N) is 1. The molecule has 7 nitrogen and oxygen atoms in total. The van der Waals surface area contributed by atoms with Gasteiger partial charge in [-0.2, -0.15) is 4.80 Å². The van der Waals surface area contributed by atoms with Crippen LogP contribution in [0.5, 0.6) is 0 Å². The quantitative estimate of drug-likeness (QED) is 0.461. The zero-order valence-corrected chi connectivity index (χ0v) is 17.1. The molecule has 2 heterocycles. The monoisotopic (exact) mass is 501 g/mol. The first-order chi connectivity index (χ1) is 11.0. The molecule has 24 heavy (non-hydrogen) atoms. The molecule has 132 valence electrons. The number of nitrogens with zero attached hydrogens (tertiary/aromatic N) is 5. The molecule has 3 N–H and O–H groups in total.